The van der Waals surface area contributed by atoms with Crippen LogP contribution in [0.15, 0.2) is 36.0 Å². The van der Waals surface area contributed by atoms with Crippen molar-refractivity contribution in [1.82, 2.24) is 0 Å². The lowest BCUT2D eigenvalue weighted by Gasteiger charge is -2.04. The molecule has 0 unspecified atom stereocenters. The van der Waals surface area contributed by atoms with Gasteiger partial charge in [-0.05, 0) is 37.3 Å². The molecule has 0 radical (unpaired) electrons. The van der Waals surface area contributed by atoms with Gasteiger partial charge in [0.2, 0.25) is 0 Å². The molecule has 0 saturated carbocycles. The van der Waals surface area contributed by atoms with Crippen molar-refractivity contribution >= 4 is 23.6 Å². The summed E-state index contributed by atoms with van der Waals surface area (Å²) in [5, 5.41) is 3.74. The number of hydrogen-bond acceptors (Lipinski definition) is 2. The van der Waals surface area contributed by atoms with Gasteiger partial charge in [-0.15, -0.1) is 0 Å². The topological polar surface area (TPSA) is 29.1 Å². The van der Waals surface area contributed by atoms with Crippen molar-refractivity contribution < 1.29 is 4.79 Å². The molecule has 3 heteroatoms. The number of carbonyl (C=O) groups is 1. The van der Waals surface area contributed by atoms with Gasteiger partial charge in [-0.3, -0.25) is 4.79 Å². The summed E-state index contributed by atoms with van der Waals surface area (Å²) in [6.45, 7) is 1.82. The summed E-state index contributed by atoms with van der Waals surface area (Å²) >= 11 is 5.71. The van der Waals surface area contributed by atoms with Crippen LogP contribution in [0.3, 0.4) is 0 Å². The maximum atomic E-state index is 10.1. The highest BCUT2D eigenvalue weighted by molar-refractivity contribution is 6.30. The van der Waals surface area contributed by atoms with Crippen LogP contribution in [-0.4, -0.2) is 6.29 Å². The molecule has 1 aromatic carbocycles. The molecule has 0 atom stereocenters. The second-order valence-corrected chi connectivity index (χ2v) is 3.05. The minimum atomic E-state index is 0.697. The van der Waals surface area contributed by atoms with E-state index in [1.807, 2.05) is 19.1 Å². The van der Waals surface area contributed by atoms with Gasteiger partial charge < -0.3 is 5.32 Å². The monoisotopic (exact) mass is 195 g/mol. The molecule has 0 aromatic heterocycles. The highest BCUT2D eigenvalue weighted by atomic mass is 35.5. The van der Waals surface area contributed by atoms with Crippen molar-refractivity contribution in [2.45, 2.75) is 6.92 Å². The van der Waals surface area contributed by atoms with E-state index in [9.17, 15) is 4.79 Å². The molecule has 0 aliphatic heterocycles. The molecule has 1 rings (SSSR count). The number of halogens is 1. The summed E-state index contributed by atoms with van der Waals surface area (Å²) in [6, 6.07) is 7.28. The van der Waals surface area contributed by atoms with Crippen LogP contribution in [0, 0.1) is 0 Å². The first-order valence-electron chi connectivity index (χ1n) is 3.87. The Labute approximate surface area is 82.2 Å². The zero-order valence-corrected chi connectivity index (χ0v) is 8.01. The maximum Gasteiger partial charge on any atom is 0.144 e. The minimum absolute atomic E-state index is 0.697. The number of benzene rings is 1. The Bertz CT molecular complexity index is 316. The van der Waals surface area contributed by atoms with Gasteiger partial charge in [0.15, 0.2) is 0 Å². The molecule has 0 aliphatic rings. The smallest absolute Gasteiger partial charge is 0.144 e. The molecule has 0 spiro atoms. The van der Waals surface area contributed by atoms with Crippen LogP contribution in [0.25, 0.3) is 0 Å². The number of anilines is 1. The molecule has 0 saturated heterocycles. The molecule has 2 nitrogen and oxygen atoms in total. The van der Waals surface area contributed by atoms with Crippen molar-refractivity contribution in [3.8, 4) is 0 Å². The molecule has 0 bridgehead atoms. The van der Waals surface area contributed by atoms with Gasteiger partial charge >= 0.3 is 0 Å². The Morgan fingerprint density at radius 1 is 1.38 bits per heavy atom. The lowest BCUT2D eigenvalue weighted by Crippen LogP contribution is -1.94. The average Bonchev–Trinajstić information content (AvgIpc) is 2.09. The lowest BCUT2D eigenvalue weighted by atomic mass is 10.3. The van der Waals surface area contributed by atoms with E-state index in [0.717, 1.165) is 17.7 Å². The fourth-order valence-electron chi connectivity index (χ4n) is 0.905. The first kappa shape index (κ1) is 9.81. The van der Waals surface area contributed by atoms with Crippen molar-refractivity contribution in [1.29, 1.82) is 0 Å². The van der Waals surface area contributed by atoms with Gasteiger partial charge in [0.25, 0.3) is 0 Å². The normalized spacial score (nSPS) is 11.1. The first-order chi connectivity index (χ1) is 6.22. The van der Waals surface area contributed by atoms with E-state index in [2.05, 4.69) is 5.32 Å². The number of aldehydes is 1. The number of nitrogens with one attached hydrogen (secondary N) is 1. The Kier molecular flexibility index (Phi) is 3.53. The lowest BCUT2D eigenvalue weighted by molar-refractivity contribution is -0.104. The van der Waals surface area contributed by atoms with Crippen LogP contribution in [-0.2, 0) is 4.79 Å². The quantitative estimate of drug-likeness (QED) is 0.594. The van der Waals surface area contributed by atoms with Crippen LogP contribution in [0.4, 0.5) is 5.69 Å². The van der Waals surface area contributed by atoms with Gasteiger partial charge in [0.1, 0.15) is 6.29 Å². The average molecular weight is 196 g/mol. The number of hydrogen-bond donors (Lipinski definition) is 1. The molecular formula is C10H10ClNO. The van der Waals surface area contributed by atoms with E-state index in [1.54, 1.807) is 12.1 Å². The predicted molar refractivity (Wildman–Crippen MR) is 54.9 cm³/mol. The summed E-state index contributed by atoms with van der Waals surface area (Å²) < 4.78 is 0. The third-order valence-corrected chi connectivity index (χ3v) is 1.76. The summed E-state index contributed by atoms with van der Waals surface area (Å²) in [6.07, 6.45) is 2.22. The largest absolute Gasteiger partial charge is 0.359 e. The molecule has 0 aliphatic carbocycles. The molecular weight excluding hydrogens is 186 g/mol. The summed E-state index contributed by atoms with van der Waals surface area (Å²) in [5.74, 6) is 0. The second-order valence-electron chi connectivity index (χ2n) is 2.62. The van der Waals surface area contributed by atoms with Gasteiger partial charge in [-0.1, -0.05) is 11.6 Å². The number of rotatable bonds is 3. The zero-order valence-electron chi connectivity index (χ0n) is 7.25. The molecule has 0 heterocycles. The Morgan fingerprint density at radius 3 is 2.54 bits per heavy atom. The number of carbonyl (C=O) groups excluding carboxylic acids is 1. The van der Waals surface area contributed by atoms with Crippen molar-refractivity contribution in [3.05, 3.63) is 41.1 Å². The first-order valence-corrected chi connectivity index (χ1v) is 4.25. The van der Waals surface area contributed by atoms with Crippen molar-refractivity contribution in [3.63, 3.8) is 0 Å². The van der Waals surface area contributed by atoms with Gasteiger partial charge in [-0.25, -0.2) is 0 Å². The highest BCUT2D eigenvalue weighted by Gasteiger charge is 1.91. The molecule has 13 heavy (non-hydrogen) atoms. The predicted octanol–water partition coefficient (Wildman–Crippen LogP) is 2.85. The summed E-state index contributed by atoms with van der Waals surface area (Å²) in [4.78, 5) is 10.1. The van der Waals surface area contributed by atoms with Crippen LogP contribution < -0.4 is 5.32 Å². The highest BCUT2D eigenvalue weighted by Crippen LogP contribution is 2.14. The molecule has 0 fully saturated rings. The van der Waals surface area contributed by atoms with Crippen LogP contribution in [0.1, 0.15) is 6.92 Å². The van der Waals surface area contributed by atoms with E-state index in [4.69, 9.17) is 11.6 Å². The fourth-order valence-corrected chi connectivity index (χ4v) is 1.03. The van der Waals surface area contributed by atoms with Crippen LogP contribution >= 0.6 is 11.6 Å². The second kappa shape index (κ2) is 4.67. The molecule has 1 aromatic rings. The van der Waals surface area contributed by atoms with Gasteiger partial charge in [0.05, 0.1) is 0 Å². The van der Waals surface area contributed by atoms with Crippen molar-refractivity contribution in [2.75, 3.05) is 5.32 Å². The van der Waals surface area contributed by atoms with Crippen LogP contribution in [0.2, 0.25) is 5.02 Å². The van der Waals surface area contributed by atoms with Crippen molar-refractivity contribution in [2.24, 2.45) is 0 Å². The Balaban J connectivity index is 2.69. The SMILES string of the molecule is C/C(=C/C=O)Nc1ccc(Cl)cc1. The third-order valence-electron chi connectivity index (χ3n) is 1.50. The zero-order chi connectivity index (χ0) is 9.68. The van der Waals surface area contributed by atoms with Gasteiger partial charge in [-0.2, -0.15) is 0 Å². The minimum Gasteiger partial charge on any atom is -0.359 e. The van der Waals surface area contributed by atoms with E-state index in [1.165, 1.54) is 6.08 Å². The van der Waals surface area contributed by atoms with E-state index < -0.39 is 0 Å². The Morgan fingerprint density at radius 2 is 2.00 bits per heavy atom. The number of allylic oxidation sites excluding steroid dienone is 2. The molecule has 1 N–H and O–H groups in total. The van der Waals surface area contributed by atoms with E-state index in [-0.39, 0.29) is 0 Å². The van der Waals surface area contributed by atoms with E-state index >= 15 is 0 Å². The molecule has 0 amide bonds. The third kappa shape index (κ3) is 3.30. The summed E-state index contributed by atoms with van der Waals surface area (Å²) in [7, 11) is 0. The van der Waals surface area contributed by atoms with Crippen LogP contribution in [0.5, 0.6) is 0 Å². The maximum absolute atomic E-state index is 10.1. The fraction of sp³-hybridized carbons (Fsp3) is 0.100. The molecule has 68 valence electrons. The van der Waals surface area contributed by atoms with E-state index in [0.29, 0.717) is 5.02 Å². The Hall–Kier alpha value is -1.28. The van der Waals surface area contributed by atoms with Gasteiger partial charge in [0, 0.05) is 16.4 Å². The standard InChI is InChI=1S/C10H10ClNO/c1-8(6-7-13)12-10-4-2-9(11)3-5-10/h2-7,12H,1H3/b8-6-. The summed E-state index contributed by atoms with van der Waals surface area (Å²) in [5.41, 5.74) is 1.72.